The third-order valence-corrected chi connectivity index (χ3v) is 3.52. The molecule has 0 aromatic heterocycles. The van der Waals surface area contributed by atoms with Gasteiger partial charge in [0.25, 0.3) is 0 Å². The molecule has 0 aliphatic rings. The van der Waals surface area contributed by atoms with Gasteiger partial charge in [-0.15, -0.1) is 0 Å². The lowest BCUT2D eigenvalue weighted by molar-refractivity contribution is 0.170. The molecule has 3 heteroatoms. The van der Waals surface area contributed by atoms with E-state index in [0.29, 0.717) is 5.92 Å². The second-order valence-electron chi connectivity index (χ2n) is 4.45. The predicted molar refractivity (Wildman–Crippen MR) is 75.0 cm³/mol. The number of rotatable bonds is 6. The number of hydrogen-bond donors (Lipinski definition) is 1. The van der Waals surface area contributed by atoms with Crippen LogP contribution >= 0.6 is 11.8 Å². The molecule has 1 aromatic rings. The Hall–Kier alpha value is -0.670. The first-order chi connectivity index (χ1) is 8.10. The van der Waals surface area contributed by atoms with E-state index in [1.807, 2.05) is 18.4 Å². The Balaban J connectivity index is 2.91. The fraction of sp³-hybridized carbons (Fsp3) is 0.571. The number of methoxy groups -OCH3 is 1. The largest absolute Gasteiger partial charge is 0.496 e. The zero-order chi connectivity index (χ0) is 12.8. The van der Waals surface area contributed by atoms with Gasteiger partial charge in [-0.3, -0.25) is 0 Å². The summed E-state index contributed by atoms with van der Waals surface area (Å²) >= 11 is 1.75. The van der Waals surface area contributed by atoms with Crippen LogP contribution in [0.15, 0.2) is 18.2 Å². The van der Waals surface area contributed by atoms with Crippen LogP contribution in [0.1, 0.15) is 43.4 Å². The topological polar surface area (TPSA) is 29.5 Å². The molecule has 0 saturated carbocycles. The molecular weight excluding hydrogens is 232 g/mol. The molecule has 0 heterocycles. The van der Waals surface area contributed by atoms with Crippen LogP contribution in [0.25, 0.3) is 0 Å². The van der Waals surface area contributed by atoms with Gasteiger partial charge in [0.15, 0.2) is 0 Å². The van der Waals surface area contributed by atoms with Crippen molar-refractivity contribution in [3.63, 3.8) is 0 Å². The van der Waals surface area contributed by atoms with Crippen LogP contribution in [-0.4, -0.2) is 24.2 Å². The third-order valence-electron chi connectivity index (χ3n) is 2.88. The zero-order valence-electron chi connectivity index (χ0n) is 11.1. The van der Waals surface area contributed by atoms with E-state index in [1.54, 1.807) is 18.9 Å². The molecule has 17 heavy (non-hydrogen) atoms. The minimum atomic E-state index is -0.432. The monoisotopic (exact) mass is 254 g/mol. The lowest BCUT2D eigenvalue weighted by Crippen LogP contribution is -2.03. The maximum atomic E-state index is 10.1. The highest BCUT2D eigenvalue weighted by Gasteiger charge is 2.14. The average Bonchev–Trinajstić information content (AvgIpc) is 2.34. The standard InChI is InChI=1S/C14H22O2S/c1-10(2)11-5-6-12(14(9-11)16-3)13(15)7-8-17-4/h5-6,9-10,13,15H,7-8H2,1-4H3. The first-order valence-corrected chi connectivity index (χ1v) is 7.34. The summed E-state index contributed by atoms with van der Waals surface area (Å²) in [6.45, 7) is 4.30. The van der Waals surface area contributed by atoms with Gasteiger partial charge >= 0.3 is 0 Å². The molecule has 1 aromatic carbocycles. The molecule has 2 nitrogen and oxygen atoms in total. The summed E-state index contributed by atoms with van der Waals surface area (Å²) in [5.74, 6) is 2.22. The molecule has 0 aliphatic carbocycles. The molecule has 0 spiro atoms. The van der Waals surface area contributed by atoms with E-state index in [-0.39, 0.29) is 0 Å². The molecule has 0 aliphatic heterocycles. The van der Waals surface area contributed by atoms with Crippen molar-refractivity contribution in [2.45, 2.75) is 32.3 Å². The first-order valence-electron chi connectivity index (χ1n) is 5.95. The van der Waals surface area contributed by atoms with Crippen molar-refractivity contribution in [1.82, 2.24) is 0 Å². The van der Waals surface area contributed by atoms with Crippen LogP contribution in [0.3, 0.4) is 0 Å². The van der Waals surface area contributed by atoms with Gasteiger partial charge in [0.1, 0.15) is 5.75 Å². The normalized spacial score (nSPS) is 12.8. The molecule has 0 saturated heterocycles. The lowest BCUT2D eigenvalue weighted by atomic mass is 9.98. The maximum absolute atomic E-state index is 10.1. The highest BCUT2D eigenvalue weighted by Crippen LogP contribution is 2.31. The van der Waals surface area contributed by atoms with Crippen LogP contribution in [0.5, 0.6) is 5.75 Å². The second kappa shape index (κ2) is 6.92. The van der Waals surface area contributed by atoms with Crippen molar-refractivity contribution < 1.29 is 9.84 Å². The van der Waals surface area contributed by atoms with Crippen molar-refractivity contribution in [1.29, 1.82) is 0 Å². The van der Waals surface area contributed by atoms with E-state index in [1.165, 1.54) is 5.56 Å². The smallest absolute Gasteiger partial charge is 0.124 e. The number of aliphatic hydroxyl groups excluding tert-OH is 1. The van der Waals surface area contributed by atoms with Crippen LogP contribution < -0.4 is 4.74 Å². The van der Waals surface area contributed by atoms with E-state index in [4.69, 9.17) is 4.74 Å². The molecule has 1 unspecified atom stereocenters. The summed E-state index contributed by atoms with van der Waals surface area (Å²) in [6.07, 6.45) is 2.38. The Morgan fingerprint density at radius 1 is 1.35 bits per heavy atom. The summed E-state index contributed by atoms with van der Waals surface area (Å²) in [6, 6.07) is 6.09. The van der Waals surface area contributed by atoms with Crippen molar-refractivity contribution in [3.8, 4) is 5.75 Å². The Bertz CT molecular complexity index is 350. The molecule has 1 rings (SSSR count). The van der Waals surface area contributed by atoms with Gasteiger partial charge in [-0.25, -0.2) is 0 Å². The number of aliphatic hydroxyl groups is 1. The van der Waals surface area contributed by atoms with Gasteiger partial charge < -0.3 is 9.84 Å². The summed E-state index contributed by atoms with van der Waals surface area (Å²) in [7, 11) is 1.66. The van der Waals surface area contributed by atoms with Crippen LogP contribution in [-0.2, 0) is 0 Å². The van der Waals surface area contributed by atoms with E-state index in [9.17, 15) is 5.11 Å². The summed E-state index contributed by atoms with van der Waals surface area (Å²) < 4.78 is 5.37. The van der Waals surface area contributed by atoms with Crippen molar-refractivity contribution >= 4 is 11.8 Å². The average molecular weight is 254 g/mol. The summed E-state index contributed by atoms with van der Waals surface area (Å²) in [5, 5.41) is 10.1. The molecule has 96 valence electrons. The minimum Gasteiger partial charge on any atom is -0.496 e. The quantitative estimate of drug-likeness (QED) is 0.841. The van der Waals surface area contributed by atoms with E-state index in [0.717, 1.165) is 23.5 Å². The highest BCUT2D eigenvalue weighted by atomic mass is 32.2. The molecular formula is C14H22O2S. The Labute approximate surface area is 108 Å². The molecule has 0 bridgehead atoms. The van der Waals surface area contributed by atoms with E-state index in [2.05, 4.69) is 19.9 Å². The first kappa shape index (κ1) is 14.4. The minimum absolute atomic E-state index is 0.432. The van der Waals surface area contributed by atoms with Gasteiger partial charge in [0.2, 0.25) is 0 Å². The fourth-order valence-electron chi connectivity index (χ4n) is 1.75. The molecule has 1 N–H and O–H groups in total. The third kappa shape index (κ3) is 3.93. The zero-order valence-corrected chi connectivity index (χ0v) is 11.9. The van der Waals surface area contributed by atoms with Gasteiger partial charge in [-0.2, -0.15) is 11.8 Å². The number of benzene rings is 1. The fourth-order valence-corrected chi connectivity index (χ4v) is 2.21. The summed E-state index contributed by atoms with van der Waals surface area (Å²) in [4.78, 5) is 0. The Morgan fingerprint density at radius 3 is 2.59 bits per heavy atom. The summed E-state index contributed by atoms with van der Waals surface area (Å²) in [5.41, 5.74) is 2.13. The number of ether oxygens (including phenoxy) is 1. The van der Waals surface area contributed by atoms with Crippen molar-refractivity contribution in [2.24, 2.45) is 0 Å². The maximum Gasteiger partial charge on any atom is 0.124 e. The van der Waals surface area contributed by atoms with Crippen molar-refractivity contribution in [2.75, 3.05) is 19.1 Å². The van der Waals surface area contributed by atoms with Gasteiger partial charge in [0, 0.05) is 5.56 Å². The molecule has 1 atom stereocenters. The van der Waals surface area contributed by atoms with Gasteiger partial charge in [-0.05, 0) is 36.0 Å². The van der Waals surface area contributed by atoms with Crippen LogP contribution in [0.4, 0.5) is 0 Å². The number of hydrogen-bond acceptors (Lipinski definition) is 3. The Morgan fingerprint density at radius 2 is 2.06 bits per heavy atom. The van der Waals surface area contributed by atoms with E-state index < -0.39 is 6.10 Å². The van der Waals surface area contributed by atoms with Crippen molar-refractivity contribution in [3.05, 3.63) is 29.3 Å². The molecule has 0 radical (unpaired) electrons. The van der Waals surface area contributed by atoms with Crippen LogP contribution in [0.2, 0.25) is 0 Å². The Kier molecular flexibility index (Phi) is 5.86. The highest BCUT2D eigenvalue weighted by molar-refractivity contribution is 7.98. The lowest BCUT2D eigenvalue weighted by Gasteiger charge is -2.16. The predicted octanol–water partition coefficient (Wildman–Crippen LogP) is 3.61. The van der Waals surface area contributed by atoms with Gasteiger partial charge in [-0.1, -0.05) is 26.0 Å². The van der Waals surface area contributed by atoms with Crippen LogP contribution in [0, 0.1) is 0 Å². The van der Waals surface area contributed by atoms with E-state index >= 15 is 0 Å². The second-order valence-corrected chi connectivity index (χ2v) is 5.44. The molecule has 0 fully saturated rings. The SMILES string of the molecule is COc1cc(C(C)C)ccc1C(O)CCSC. The number of thioether (sulfide) groups is 1. The van der Waals surface area contributed by atoms with Gasteiger partial charge in [0.05, 0.1) is 13.2 Å². The molecule has 0 amide bonds.